The van der Waals surface area contributed by atoms with Crippen LogP contribution < -0.4 is 0 Å². The molecule has 1 aliphatic rings. The largest absolute Gasteiger partial charge is 0.0663 e. The van der Waals surface area contributed by atoms with Crippen molar-refractivity contribution in [2.75, 3.05) is 0 Å². The maximum Gasteiger partial charge on any atom is -0.0102 e. The fourth-order valence-electron chi connectivity index (χ4n) is 2.20. The maximum atomic E-state index is 2.40. The zero-order valence-corrected chi connectivity index (χ0v) is 10.9. The average molecular weight is 206 g/mol. The Morgan fingerprint density at radius 1 is 1.13 bits per heavy atom. The lowest BCUT2D eigenvalue weighted by atomic mass is 10.0. The number of rotatable bonds is 6. The van der Waals surface area contributed by atoms with E-state index in [0.717, 1.165) is 5.92 Å². The zero-order chi connectivity index (χ0) is 11.3. The molecule has 0 amide bonds. The van der Waals surface area contributed by atoms with Crippen LogP contribution in [0, 0.1) is 5.92 Å². The van der Waals surface area contributed by atoms with Gasteiger partial charge in [-0.25, -0.2) is 0 Å². The van der Waals surface area contributed by atoms with Gasteiger partial charge in [-0.1, -0.05) is 55.9 Å². The Bertz CT molecular complexity index is 253. The van der Waals surface area contributed by atoms with E-state index in [9.17, 15) is 0 Å². The van der Waals surface area contributed by atoms with Crippen molar-refractivity contribution in [2.45, 2.75) is 66.2 Å². The van der Waals surface area contributed by atoms with E-state index >= 15 is 0 Å². The normalized spacial score (nSPS) is 16.5. The topological polar surface area (TPSA) is 0 Å². The summed E-state index contributed by atoms with van der Waals surface area (Å²) in [5.41, 5.74) is 4.74. The predicted molar refractivity (Wildman–Crippen MR) is 69.0 cm³/mol. The summed E-state index contributed by atoms with van der Waals surface area (Å²) in [6.07, 6.45) is 10.6. The molecule has 0 heterocycles. The van der Waals surface area contributed by atoms with Crippen LogP contribution in [-0.4, -0.2) is 0 Å². The molecule has 0 saturated heterocycles. The summed E-state index contributed by atoms with van der Waals surface area (Å²) >= 11 is 0. The van der Waals surface area contributed by atoms with Crippen LogP contribution in [0.4, 0.5) is 0 Å². The molecule has 0 aromatic carbocycles. The molecule has 1 rings (SSSR count). The van der Waals surface area contributed by atoms with E-state index in [4.69, 9.17) is 0 Å². The number of hydrogen-bond acceptors (Lipinski definition) is 0. The molecule has 0 spiro atoms. The second-order valence-electron chi connectivity index (χ2n) is 5.44. The minimum Gasteiger partial charge on any atom is -0.0663 e. The van der Waals surface area contributed by atoms with Gasteiger partial charge in [-0.3, -0.25) is 0 Å². The SMILES string of the molecule is CC1=C(C)CC(CCCCCC(C)C)=C1. The van der Waals surface area contributed by atoms with Crippen molar-refractivity contribution in [3.8, 4) is 0 Å². The van der Waals surface area contributed by atoms with Crippen LogP contribution in [0.3, 0.4) is 0 Å². The second-order valence-corrected chi connectivity index (χ2v) is 5.44. The highest BCUT2D eigenvalue weighted by molar-refractivity contribution is 5.36. The van der Waals surface area contributed by atoms with Crippen molar-refractivity contribution >= 4 is 0 Å². The summed E-state index contributed by atoms with van der Waals surface area (Å²) < 4.78 is 0. The Hall–Kier alpha value is -0.520. The van der Waals surface area contributed by atoms with E-state index < -0.39 is 0 Å². The molecule has 0 N–H and O–H groups in total. The highest BCUT2D eigenvalue weighted by Gasteiger charge is 2.08. The quantitative estimate of drug-likeness (QED) is 0.520. The van der Waals surface area contributed by atoms with Crippen molar-refractivity contribution in [3.63, 3.8) is 0 Å². The van der Waals surface area contributed by atoms with Gasteiger partial charge in [0.15, 0.2) is 0 Å². The van der Waals surface area contributed by atoms with E-state index in [1.807, 2.05) is 0 Å². The molecule has 0 atom stereocenters. The number of unbranched alkanes of at least 4 members (excludes halogenated alkanes) is 2. The van der Waals surface area contributed by atoms with Gasteiger partial charge in [0.1, 0.15) is 0 Å². The third-order valence-corrected chi connectivity index (χ3v) is 3.37. The molecule has 0 saturated carbocycles. The Labute approximate surface area is 95.5 Å². The van der Waals surface area contributed by atoms with Gasteiger partial charge in [0.25, 0.3) is 0 Å². The van der Waals surface area contributed by atoms with Crippen LogP contribution >= 0.6 is 0 Å². The van der Waals surface area contributed by atoms with Gasteiger partial charge in [0.05, 0.1) is 0 Å². The average Bonchev–Trinajstić information content (AvgIpc) is 2.45. The van der Waals surface area contributed by atoms with Crippen LogP contribution in [0.25, 0.3) is 0 Å². The lowest BCUT2D eigenvalue weighted by Gasteiger charge is -2.05. The summed E-state index contributed by atoms with van der Waals surface area (Å²) in [5.74, 6) is 0.877. The molecule has 0 unspecified atom stereocenters. The first-order valence-corrected chi connectivity index (χ1v) is 6.45. The van der Waals surface area contributed by atoms with Crippen molar-refractivity contribution < 1.29 is 0 Å². The molecule has 15 heavy (non-hydrogen) atoms. The fraction of sp³-hybridized carbons (Fsp3) is 0.733. The summed E-state index contributed by atoms with van der Waals surface area (Å²) in [7, 11) is 0. The highest BCUT2D eigenvalue weighted by Crippen LogP contribution is 2.28. The summed E-state index contributed by atoms with van der Waals surface area (Å²) in [5, 5.41) is 0. The molecule has 0 aromatic rings. The van der Waals surface area contributed by atoms with Crippen LogP contribution in [0.2, 0.25) is 0 Å². The van der Waals surface area contributed by atoms with Gasteiger partial charge >= 0.3 is 0 Å². The molecular formula is C15H26. The monoisotopic (exact) mass is 206 g/mol. The Morgan fingerprint density at radius 3 is 2.40 bits per heavy atom. The second kappa shape index (κ2) is 6.15. The predicted octanol–water partition coefficient (Wildman–Crippen LogP) is 5.26. The van der Waals surface area contributed by atoms with Crippen molar-refractivity contribution in [2.24, 2.45) is 5.92 Å². The molecule has 1 aliphatic carbocycles. The summed E-state index contributed by atoms with van der Waals surface area (Å²) in [4.78, 5) is 0. The molecule has 0 fully saturated rings. The lowest BCUT2D eigenvalue weighted by molar-refractivity contribution is 0.526. The number of allylic oxidation sites excluding steroid dienone is 4. The molecule has 0 nitrogen and oxygen atoms in total. The lowest BCUT2D eigenvalue weighted by Crippen LogP contribution is -1.88. The highest BCUT2D eigenvalue weighted by atomic mass is 14.1. The first-order valence-electron chi connectivity index (χ1n) is 6.45. The molecule has 86 valence electrons. The molecule has 0 heteroatoms. The zero-order valence-electron chi connectivity index (χ0n) is 10.9. The van der Waals surface area contributed by atoms with E-state index in [1.165, 1.54) is 44.1 Å². The van der Waals surface area contributed by atoms with E-state index in [2.05, 4.69) is 33.8 Å². The van der Waals surface area contributed by atoms with Gasteiger partial charge in [0, 0.05) is 0 Å². The first-order chi connectivity index (χ1) is 7.09. The molecular weight excluding hydrogens is 180 g/mol. The van der Waals surface area contributed by atoms with E-state index in [0.29, 0.717) is 0 Å². The Kier molecular flexibility index (Phi) is 5.14. The first kappa shape index (κ1) is 12.5. The molecule has 0 aromatic heterocycles. The maximum absolute atomic E-state index is 2.40. The summed E-state index contributed by atoms with van der Waals surface area (Å²) in [6, 6.07) is 0. The Morgan fingerprint density at radius 2 is 1.87 bits per heavy atom. The smallest absolute Gasteiger partial charge is 0.0102 e. The molecule has 0 radical (unpaired) electrons. The van der Waals surface area contributed by atoms with Crippen LogP contribution in [-0.2, 0) is 0 Å². The van der Waals surface area contributed by atoms with Gasteiger partial charge in [-0.2, -0.15) is 0 Å². The summed E-state index contributed by atoms with van der Waals surface area (Å²) in [6.45, 7) is 9.13. The molecule has 0 bridgehead atoms. The van der Waals surface area contributed by atoms with Gasteiger partial charge in [-0.15, -0.1) is 0 Å². The van der Waals surface area contributed by atoms with Crippen LogP contribution in [0.1, 0.15) is 66.2 Å². The minimum absolute atomic E-state index is 0.877. The van der Waals surface area contributed by atoms with Crippen molar-refractivity contribution in [1.29, 1.82) is 0 Å². The third-order valence-electron chi connectivity index (χ3n) is 3.37. The van der Waals surface area contributed by atoms with Crippen molar-refractivity contribution in [1.82, 2.24) is 0 Å². The van der Waals surface area contributed by atoms with Gasteiger partial charge in [0.2, 0.25) is 0 Å². The number of hydrogen-bond donors (Lipinski definition) is 0. The van der Waals surface area contributed by atoms with Gasteiger partial charge < -0.3 is 0 Å². The van der Waals surface area contributed by atoms with Gasteiger partial charge in [-0.05, 0) is 39.0 Å². The third kappa shape index (κ3) is 4.68. The Balaban J connectivity index is 2.06. The minimum atomic E-state index is 0.877. The standard InChI is InChI=1S/C15H26/c1-12(2)8-6-5-7-9-15-10-13(3)14(4)11-15/h10,12H,5-9,11H2,1-4H3. The van der Waals surface area contributed by atoms with E-state index in [1.54, 1.807) is 11.1 Å². The van der Waals surface area contributed by atoms with Crippen molar-refractivity contribution in [3.05, 3.63) is 22.8 Å². The fourth-order valence-corrected chi connectivity index (χ4v) is 2.20. The van der Waals surface area contributed by atoms with Crippen LogP contribution in [0.5, 0.6) is 0 Å². The molecule has 0 aliphatic heterocycles. The van der Waals surface area contributed by atoms with Crippen LogP contribution in [0.15, 0.2) is 22.8 Å². The van der Waals surface area contributed by atoms with E-state index in [-0.39, 0.29) is 0 Å².